The van der Waals surface area contributed by atoms with Gasteiger partial charge >= 0.3 is 0 Å². The summed E-state index contributed by atoms with van der Waals surface area (Å²) in [4.78, 5) is 26.7. The Morgan fingerprint density at radius 1 is 1.21 bits per heavy atom. The molecule has 0 spiro atoms. The number of nitrogens with zero attached hydrogens (tertiary/aromatic N) is 1. The fourth-order valence-electron chi connectivity index (χ4n) is 6.47. The highest BCUT2D eigenvalue weighted by molar-refractivity contribution is 6.31. The van der Waals surface area contributed by atoms with Crippen molar-refractivity contribution in [3.63, 3.8) is 0 Å². The molecular weight excluding hydrogens is 521 g/mol. The number of ether oxygens (including phenoxy) is 2. The van der Waals surface area contributed by atoms with Gasteiger partial charge in [0.1, 0.15) is 18.2 Å². The maximum Gasteiger partial charge on any atom is 0.251 e. The van der Waals surface area contributed by atoms with Gasteiger partial charge in [-0.15, -0.1) is 0 Å². The van der Waals surface area contributed by atoms with Gasteiger partial charge in [-0.25, -0.2) is 4.39 Å². The molecule has 2 amide bonds. The number of halogens is 2. The minimum absolute atomic E-state index is 0.0138. The number of benzene rings is 2. The maximum absolute atomic E-state index is 13.5. The SMILES string of the molecule is Cc1c(OCCC2CNC(=O)CO2)ccc(C(C)N2C3CCC2CC(NC(=O)c2ccc(F)c(Cl)c2)C3)c1C. The standard InChI is InChI=1S/C30H37ClFN3O4/c1-17-18(2)28(38-11-10-24-15-33-29(36)16-39-24)9-7-25(17)19(3)35-22-5-6-23(35)14-21(13-22)34-30(37)20-4-8-27(32)26(31)12-20/h4,7-9,12,19,21-24H,5-6,10-11,13-16H2,1-3H3,(H,33,36)(H,34,37). The summed E-state index contributed by atoms with van der Waals surface area (Å²) in [6, 6.07) is 9.48. The van der Waals surface area contributed by atoms with E-state index in [0.717, 1.165) is 43.4 Å². The molecule has 3 fully saturated rings. The van der Waals surface area contributed by atoms with Gasteiger partial charge in [0.15, 0.2) is 0 Å². The number of hydrogen-bond acceptors (Lipinski definition) is 5. The molecule has 0 aliphatic carbocycles. The van der Waals surface area contributed by atoms with Gasteiger partial charge in [0, 0.05) is 42.7 Å². The topological polar surface area (TPSA) is 79.9 Å². The zero-order valence-corrected chi connectivity index (χ0v) is 23.5. The lowest BCUT2D eigenvalue weighted by molar-refractivity contribution is -0.133. The van der Waals surface area contributed by atoms with E-state index in [1.165, 1.54) is 29.3 Å². The molecule has 39 heavy (non-hydrogen) atoms. The highest BCUT2D eigenvalue weighted by Gasteiger charge is 2.43. The van der Waals surface area contributed by atoms with Crippen LogP contribution in [0.25, 0.3) is 0 Å². The highest BCUT2D eigenvalue weighted by Crippen LogP contribution is 2.43. The van der Waals surface area contributed by atoms with Crippen molar-refractivity contribution >= 4 is 23.4 Å². The zero-order valence-electron chi connectivity index (χ0n) is 22.8. The van der Waals surface area contributed by atoms with Crippen LogP contribution in [0.2, 0.25) is 5.02 Å². The second-order valence-electron chi connectivity index (χ2n) is 11.1. The van der Waals surface area contributed by atoms with E-state index in [1.807, 2.05) is 0 Å². The van der Waals surface area contributed by atoms with Crippen molar-refractivity contribution < 1.29 is 23.5 Å². The lowest BCUT2D eigenvalue weighted by atomic mass is 9.91. The van der Waals surface area contributed by atoms with Crippen LogP contribution in [0.1, 0.15) is 72.1 Å². The molecule has 3 aliphatic rings. The third kappa shape index (κ3) is 6.08. The third-order valence-electron chi connectivity index (χ3n) is 8.66. The van der Waals surface area contributed by atoms with Crippen LogP contribution in [0, 0.1) is 19.7 Å². The second-order valence-corrected chi connectivity index (χ2v) is 11.5. The largest absolute Gasteiger partial charge is 0.493 e. The average Bonchev–Trinajstić information content (AvgIpc) is 3.19. The highest BCUT2D eigenvalue weighted by atomic mass is 35.5. The number of fused-ring (bicyclic) bond motifs is 2. The Morgan fingerprint density at radius 3 is 2.62 bits per heavy atom. The fourth-order valence-corrected chi connectivity index (χ4v) is 6.65. The number of nitrogens with one attached hydrogen (secondary N) is 2. The van der Waals surface area contributed by atoms with E-state index in [0.29, 0.717) is 30.8 Å². The van der Waals surface area contributed by atoms with E-state index in [4.69, 9.17) is 21.1 Å². The number of hydrogen-bond donors (Lipinski definition) is 2. The number of carbonyl (C=O) groups is 2. The van der Waals surface area contributed by atoms with Gasteiger partial charge in [0.05, 0.1) is 17.7 Å². The molecule has 4 unspecified atom stereocenters. The monoisotopic (exact) mass is 557 g/mol. The smallest absolute Gasteiger partial charge is 0.251 e. The van der Waals surface area contributed by atoms with Crippen LogP contribution in [0.15, 0.2) is 30.3 Å². The van der Waals surface area contributed by atoms with Gasteiger partial charge in [-0.05, 0) is 87.4 Å². The summed E-state index contributed by atoms with van der Waals surface area (Å²) in [6.07, 6.45) is 4.73. The van der Waals surface area contributed by atoms with Crippen molar-refractivity contribution in [3.05, 3.63) is 63.4 Å². The minimum Gasteiger partial charge on any atom is -0.493 e. The van der Waals surface area contributed by atoms with Gasteiger partial charge < -0.3 is 20.1 Å². The Labute approximate surface area is 234 Å². The number of carbonyl (C=O) groups excluding carboxylic acids is 2. The number of rotatable bonds is 8. The molecule has 0 saturated carbocycles. The lowest BCUT2D eigenvalue weighted by Gasteiger charge is -2.43. The van der Waals surface area contributed by atoms with Crippen LogP contribution in [0.3, 0.4) is 0 Å². The summed E-state index contributed by atoms with van der Waals surface area (Å²) in [5.74, 6) is 0.0865. The van der Waals surface area contributed by atoms with E-state index < -0.39 is 5.82 Å². The summed E-state index contributed by atoms with van der Waals surface area (Å²) < 4.78 is 25.2. The zero-order chi connectivity index (χ0) is 27.7. The molecule has 3 saturated heterocycles. The summed E-state index contributed by atoms with van der Waals surface area (Å²) in [6.45, 7) is 7.72. The molecule has 5 rings (SSSR count). The van der Waals surface area contributed by atoms with Crippen molar-refractivity contribution in [2.75, 3.05) is 19.8 Å². The van der Waals surface area contributed by atoms with Crippen molar-refractivity contribution in [1.82, 2.24) is 15.5 Å². The van der Waals surface area contributed by atoms with Gasteiger partial charge in [0.2, 0.25) is 5.91 Å². The van der Waals surface area contributed by atoms with Crippen LogP contribution >= 0.6 is 11.6 Å². The van der Waals surface area contributed by atoms with E-state index in [9.17, 15) is 14.0 Å². The van der Waals surface area contributed by atoms with Crippen LogP contribution < -0.4 is 15.4 Å². The van der Waals surface area contributed by atoms with E-state index in [2.05, 4.69) is 48.4 Å². The predicted octanol–water partition coefficient (Wildman–Crippen LogP) is 4.87. The minimum atomic E-state index is -0.524. The summed E-state index contributed by atoms with van der Waals surface area (Å²) in [5.41, 5.74) is 4.07. The second kappa shape index (κ2) is 11.8. The van der Waals surface area contributed by atoms with Gasteiger partial charge in [0.25, 0.3) is 5.91 Å². The lowest BCUT2D eigenvalue weighted by Crippen LogP contribution is -2.51. The van der Waals surface area contributed by atoms with Gasteiger partial charge in [-0.1, -0.05) is 17.7 Å². The molecule has 3 aliphatic heterocycles. The first-order valence-electron chi connectivity index (χ1n) is 13.9. The van der Waals surface area contributed by atoms with Crippen molar-refractivity contribution in [3.8, 4) is 5.75 Å². The van der Waals surface area contributed by atoms with Crippen LogP contribution in [0.5, 0.6) is 5.75 Å². The van der Waals surface area contributed by atoms with Crippen LogP contribution in [0.4, 0.5) is 4.39 Å². The molecule has 4 atom stereocenters. The first kappa shape index (κ1) is 27.9. The van der Waals surface area contributed by atoms with Crippen LogP contribution in [-0.4, -0.2) is 60.7 Å². The molecule has 210 valence electrons. The molecule has 0 aromatic heterocycles. The molecule has 2 aromatic carbocycles. The number of morpholine rings is 1. The van der Waals surface area contributed by atoms with E-state index in [-0.39, 0.29) is 41.6 Å². The number of amides is 2. The predicted molar refractivity (Wildman–Crippen MR) is 148 cm³/mol. The fraction of sp³-hybridized carbons (Fsp3) is 0.533. The molecule has 9 heteroatoms. The van der Waals surface area contributed by atoms with Crippen molar-refractivity contribution in [1.29, 1.82) is 0 Å². The van der Waals surface area contributed by atoms with E-state index in [1.54, 1.807) is 0 Å². The molecule has 2 bridgehead atoms. The molecule has 3 heterocycles. The summed E-state index contributed by atoms with van der Waals surface area (Å²) in [7, 11) is 0. The normalized spacial score (nSPS) is 25.7. The quantitative estimate of drug-likeness (QED) is 0.484. The van der Waals surface area contributed by atoms with E-state index >= 15 is 0 Å². The van der Waals surface area contributed by atoms with Crippen LogP contribution in [-0.2, 0) is 9.53 Å². The molecule has 0 radical (unpaired) electrons. The van der Waals surface area contributed by atoms with Gasteiger partial charge in [-0.3, -0.25) is 14.5 Å². The molecule has 2 N–H and O–H groups in total. The van der Waals surface area contributed by atoms with Gasteiger partial charge in [-0.2, -0.15) is 0 Å². The molecular formula is C30H37ClFN3O4. The van der Waals surface area contributed by atoms with Crippen molar-refractivity contribution in [2.45, 2.75) is 83.1 Å². The summed E-state index contributed by atoms with van der Waals surface area (Å²) in [5, 5.41) is 5.95. The Bertz CT molecular complexity index is 1220. The van der Waals surface area contributed by atoms with Crippen molar-refractivity contribution in [2.24, 2.45) is 0 Å². The number of piperidine rings is 1. The molecule has 2 aromatic rings. The Kier molecular flexibility index (Phi) is 8.45. The Morgan fingerprint density at radius 2 is 1.95 bits per heavy atom. The summed E-state index contributed by atoms with van der Waals surface area (Å²) >= 11 is 5.88. The average molecular weight is 558 g/mol. The molecule has 7 nitrogen and oxygen atoms in total. The Hall–Kier alpha value is -2.68. The Balaban J connectivity index is 1.19. The first-order valence-corrected chi connectivity index (χ1v) is 14.2. The third-order valence-corrected chi connectivity index (χ3v) is 8.95. The maximum atomic E-state index is 13.5. The first-order chi connectivity index (χ1) is 18.7.